The summed E-state index contributed by atoms with van der Waals surface area (Å²) in [5.74, 6) is 1.83. The highest BCUT2D eigenvalue weighted by Crippen LogP contribution is 2.31. The molecule has 0 N–H and O–H groups in total. The summed E-state index contributed by atoms with van der Waals surface area (Å²) >= 11 is 4.74. The van der Waals surface area contributed by atoms with E-state index in [4.69, 9.17) is 9.26 Å². The minimum atomic E-state index is 0.593. The van der Waals surface area contributed by atoms with Crippen LogP contribution in [-0.2, 0) is 10.5 Å². The number of nitrogens with zero attached hydrogens (tertiary/aromatic N) is 5. The Bertz CT molecular complexity index is 751. The molecule has 0 saturated carbocycles. The summed E-state index contributed by atoms with van der Waals surface area (Å²) in [6, 6.07) is 3.95. The Balaban J connectivity index is 1.37. The minimum Gasteiger partial charge on any atom is -0.378 e. The van der Waals surface area contributed by atoms with Crippen molar-refractivity contribution in [3.8, 4) is 10.7 Å². The predicted molar refractivity (Wildman–Crippen MR) is 90.1 cm³/mol. The maximum atomic E-state index is 5.35. The zero-order chi connectivity index (χ0) is 15.5. The number of aromatic nitrogens is 4. The van der Waals surface area contributed by atoms with E-state index in [0.29, 0.717) is 17.5 Å². The summed E-state index contributed by atoms with van der Waals surface area (Å²) in [5, 5.41) is 15.4. The molecule has 3 aromatic heterocycles. The third kappa shape index (κ3) is 3.55. The molecule has 120 valence electrons. The van der Waals surface area contributed by atoms with Gasteiger partial charge >= 0.3 is 0 Å². The van der Waals surface area contributed by atoms with Crippen LogP contribution in [0.1, 0.15) is 5.89 Å². The number of hydrogen-bond acceptors (Lipinski definition) is 10. The largest absolute Gasteiger partial charge is 0.378 e. The van der Waals surface area contributed by atoms with Crippen LogP contribution in [-0.4, -0.2) is 46.6 Å². The highest BCUT2D eigenvalue weighted by atomic mass is 32.2. The molecule has 0 bridgehead atoms. The lowest BCUT2D eigenvalue weighted by Crippen LogP contribution is -2.36. The van der Waals surface area contributed by atoms with E-state index in [1.165, 1.54) is 0 Å². The smallest absolute Gasteiger partial charge is 0.237 e. The van der Waals surface area contributed by atoms with Crippen LogP contribution in [0.25, 0.3) is 10.7 Å². The van der Waals surface area contributed by atoms with Gasteiger partial charge in [0.05, 0.1) is 23.8 Å². The average molecular weight is 367 g/mol. The van der Waals surface area contributed by atoms with Gasteiger partial charge in [0.2, 0.25) is 16.8 Å². The Kier molecular flexibility index (Phi) is 4.55. The molecule has 3 aromatic rings. The summed E-state index contributed by atoms with van der Waals surface area (Å²) in [5.41, 5.74) is 0. The van der Waals surface area contributed by atoms with Crippen LogP contribution in [0.5, 0.6) is 0 Å². The minimum absolute atomic E-state index is 0.593. The molecule has 23 heavy (non-hydrogen) atoms. The van der Waals surface area contributed by atoms with Crippen LogP contribution in [0, 0.1) is 0 Å². The van der Waals surface area contributed by atoms with Crippen molar-refractivity contribution in [1.82, 2.24) is 20.3 Å². The fourth-order valence-electron chi connectivity index (χ4n) is 2.09. The second kappa shape index (κ2) is 6.95. The van der Waals surface area contributed by atoms with Crippen molar-refractivity contribution < 1.29 is 9.26 Å². The molecule has 1 saturated heterocycles. The summed E-state index contributed by atoms with van der Waals surface area (Å²) in [4.78, 5) is 7.62. The molecule has 0 spiro atoms. The summed E-state index contributed by atoms with van der Waals surface area (Å²) in [6.07, 6.45) is 0. The molecule has 0 radical (unpaired) electrons. The quantitative estimate of drug-likeness (QED) is 0.637. The number of thioether (sulfide) groups is 1. The van der Waals surface area contributed by atoms with Crippen molar-refractivity contribution in [1.29, 1.82) is 0 Å². The molecule has 4 heterocycles. The van der Waals surface area contributed by atoms with Gasteiger partial charge in [-0.2, -0.15) is 4.98 Å². The van der Waals surface area contributed by atoms with Gasteiger partial charge in [-0.15, -0.1) is 21.5 Å². The van der Waals surface area contributed by atoms with E-state index in [2.05, 4.69) is 25.2 Å². The standard InChI is InChI=1S/C13H13N5O2S3/c1-2-9(21-7-1)11-14-10(20-17-11)8-22-13-16-15-12(23-13)18-3-5-19-6-4-18/h1-2,7H,3-6,8H2. The van der Waals surface area contributed by atoms with Gasteiger partial charge in [0.1, 0.15) is 0 Å². The van der Waals surface area contributed by atoms with Gasteiger partial charge in [0.25, 0.3) is 0 Å². The molecule has 0 aromatic carbocycles. The fraction of sp³-hybridized carbons (Fsp3) is 0.385. The van der Waals surface area contributed by atoms with Crippen molar-refractivity contribution in [3.63, 3.8) is 0 Å². The molecule has 4 rings (SSSR count). The maximum absolute atomic E-state index is 5.35. The Hall–Kier alpha value is -1.49. The molecule has 0 unspecified atom stereocenters. The number of hydrogen-bond donors (Lipinski definition) is 0. The summed E-state index contributed by atoms with van der Waals surface area (Å²) < 4.78 is 11.5. The van der Waals surface area contributed by atoms with E-state index in [9.17, 15) is 0 Å². The summed E-state index contributed by atoms with van der Waals surface area (Å²) in [6.45, 7) is 3.23. The highest BCUT2D eigenvalue weighted by Gasteiger charge is 2.17. The first-order valence-electron chi connectivity index (χ1n) is 7.04. The number of rotatable bonds is 5. The van der Waals surface area contributed by atoms with Crippen molar-refractivity contribution in [3.05, 3.63) is 23.4 Å². The van der Waals surface area contributed by atoms with Gasteiger partial charge in [-0.25, -0.2) is 0 Å². The van der Waals surface area contributed by atoms with Gasteiger partial charge in [-0.3, -0.25) is 0 Å². The zero-order valence-corrected chi connectivity index (χ0v) is 14.5. The maximum Gasteiger partial charge on any atom is 0.237 e. The molecule has 0 aliphatic carbocycles. The van der Waals surface area contributed by atoms with Gasteiger partial charge < -0.3 is 14.2 Å². The van der Waals surface area contributed by atoms with Crippen molar-refractivity contribution in [2.75, 3.05) is 31.2 Å². The second-order valence-electron chi connectivity index (χ2n) is 4.73. The lowest BCUT2D eigenvalue weighted by molar-refractivity contribution is 0.122. The molecule has 0 atom stereocenters. The lowest BCUT2D eigenvalue weighted by Gasteiger charge is -2.25. The van der Waals surface area contributed by atoms with Crippen LogP contribution >= 0.6 is 34.4 Å². The molecular formula is C13H13N5O2S3. The number of morpholine rings is 1. The van der Waals surface area contributed by atoms with Crippen LogP contribution in [0.3, 0.4) is 0 Å². The van der Waals surface area contributed by atoms with Crippen molar-refractivity contribution in [2.45, 2.75) is 10.1 Å². The Morgan fingerprint density at radius 1 is 1.26 bits per heavy atom. The Morgan fingerprint density at radius 2 is 2.17 bits per heavy atom. The second-order valence-corrected chi connectivity index (χ2v) is 7.85. The van der Waals surface area contributed by atoms with Crippen molar-refractivity contribution in [2.24, 2.45) is 0 Å². The van der Waals surface area contributed by atoms with E-state index in [1.807, 2.05) is 17.5 Å². The van der Waals surface area contributed by atoms with Gasteiger partial charge in [-0.05, 0) is 11.4 Å². The molecule has 7 nitrogen and oxygen atoms in total. The van der Waals surface area contributed by atoms with E-state index in [0.717, 1.165) is 40.7 Å². The third-order valence-electron chi connectivity index (χ3n) is 3.21. The van der Waals surface area contributed by atoms with Crippen molar-refractivity contribution >= 4 is 39.6 Å². The summed E-state index contributed by atoms with van der Waals surface area (Å²) in [7, 11) is 0. The van der Waals surface area contributed by atoms with Crippen LogP contribution in [0.15, 0.2) is 26.4 Å². The first-order chi connectivity index (χ1) is 11.4. The van der Waals surface area contributed by atoms with E-state index in [1.54, 1.807) is 34.4 Å². The number of thiophene rings is 1. The molecule has 1 aliphatic heterocycles. The van der Waals surface area contributed by atoms with Gasteiger partial charge in [0.15, 0.2) is 4.34 Å². The average Bonchev–Trinajstić information content (AvgIpc) is 3.33. The molecule has 1 fully saturated rings. The topological polar surface area (TPSA) is 77.2 Å². The first-order valence-corrected chi connectivity index (χ1v) is 9.72. The molecule has 1 aliphatic rings. The third-order valence-corrected chi connectivity index (χ3v) is 6.17. The SMILES string of the molecule is c1csc(-c2noc(CSc3nnc(N4CCOCC4)s3)n2)c1. The van der Waals surface area contributed by atoms with Crippen LogP contribution < -0.4 is 4.90 Å². The number of ether oxygens (including phenoxy) is 1. The predicted octanol–water partition coefficient (Wildman–Crippen LogP) is 2.78. The molecule has 0 amide bonds. The highest BCUT2D eigenvalue weighted by molar-refractivity contribution is 8.00. The fourth-order valence-corrected chi connectivity index (χ4v) is 4.47. The Morgan fingerprint density at radius 3 is 3.00 bits per heavy atom. The van der Waals surface area contributed by atoms with Gasteiger partial charge in [0, 0.05) is 13.1 Å². The van der Waals surface area contributed by atoms with E-state index in [-0.39, 0.29) is 0 Å². The Labute approximate surface area is 144 Å². The lowest BCUT2D eigenvalue weighted by atomic mass is 10.4. The number of anilines is 1. The first kappa shape index (κ1) is 15.1. The molecule has 10 heteroatoms. The monoisotopic (exact) mass is 367 g/mol. The molecular weight excluding hydrogens is 354 g/mol. The zero-order valence-electron chi connectivity index (χ0n) is 12.0. The van der Waals surface area contributed by atoms with E-state index >= 15 is 0 Å². The normalized spacial score (nSPS) is 15.2. The van der Waals surface area contributed by atoms with Crippen LogP contribution in [0.4, 0.5) is 5.13 Å². The van der Waals surface area contributed by atoms with Gasteiger partial charge in [-0.1, -0.05) is 34.3 Å². The van der Waals surface area contributed by atoms with Crippen LogP contribution in [0.2, 0.25) is 0 Å². The van der Waals surface area contributed by atoms with E-state index < -0.39 is 0 Å².